The van der Waals surface area contributed by atoms with Gasteiger partial charge in [0.15, 0.2) is 11.5 Å². The van der Waals surface area contributed by atoms with E-state index >= 15 is 0 Å². The zero-order chi connectivity index (χ0) is 9.38. The van der Waals surface area contributed by atoms with Gasteiger partial charge in [0.05, 0.1) is 0 Å². The lowest BCUT2D eigenvalue weighted by molar-refractivity contribution is -0.00601. The van der Waals surface area contributed by atoms with Crippen molar-refractivity contribution >= 4 is 0 Å². The van der Waals surface area contributed by atoms with Crippen molar-refractivity contribution in [2.45, 2.75) is 37.9 Å². The minimum absolute atomic E-state index is 0.290. The number of ether oxygens (including phenoxy) is 2. The molecule has 0 amide bonds. The molecule has 2 aliphatic rings. The van der Waals surface area contributed by atoms with E-state index in [0.29, 0.717) is 12.2 Å². The lowest BCUT2D eigenvalue weighted by Gasteiger charge is -2.36. The zero-order valence-electron chi connectivity index (χ0n) is 8.11. The topological polar surface area (TPSA) is 18.5 Å². The molecule has 1 fully saturated rings. The van der Waals surface area contributed by atoms with Crippen molar-refractivity contribution in [1.29, 1.82) is 0 Å². The van der Waals surface area contributed by atoms with E-state index in [1.807, 2.05) is 24.3 Å². The summed E-state index contributed by atoms with van der Waals surface area (Å²) >= 11 is 0. The highest BCUT2D eigenvalue weighted by Gasteiger charge is 2.33. The fourth-order valence-electron chi connectivity index (χ4n) is 2.30. The summed E-state index contributed by atoms with van der Waals surface area (Å²) in [5.74, 6) is 1.83. The van der Waals surface area contributed by atoms with Crippen LogP contribution in [-0.2, 0) is 0 Å². The second kappa shape index (κ2) is 3.19. The number of rotatable bonds is 0. The highest BCUT2D eigenvalue weighted by Crippen LogP contribution is 2.37. The summed E-state index contributed by atoms with van der Waals surface area (Å²) < 4.78 is 11.8. The molecular weight excluding hydrogens is 176 g/mol. The Kier molecular flexibility index (Phi) is 1.86. The predicted octanol–water partition coefficient (Wildman–Crippen LogP) is 2.77. The van der Waals surface area contributed by atoms with Crippen LogP contribution in [0.15, 0.2) is 24.3 Å². The minimum Gasteiger partial charge on any atom is -0.483 e. The standard InChI is InChI=1S/C12H14O2/c1-2-6-10-9(5-1)13-11-7-3-4-8-12(11)14-10/h1-2,5-6,11-12H,3-4,7-8H2/t11-,12+. The molecule has 3 rings (SSSR count). The average Bonchev–Trinajstić information content (AvgIpc) is 2.26. The molecule has 2 atom stereocenters. The summed E-state index contributed by atoms with van der Waals surface area (Å²) in [4.78, 5) is 0. The molecule has 1 heterocycles. The Morgan fingerprint density at radius 3 is 1.86 bits per heavy atom. The van der Waals surface area contributed by atoms with Crippen LogP contribution >= 0.6 is 0 Å². The van der Waals surface area contributed by atoms with E-state index in [1.165, 1.54) is 12.8 Å². The quantitative estimate of drug-likeness (QED) is 0.626. The van der Waals surface area contributed by atoms with Gasteiger partial charge in [0.25, 0.3) is 0 Å². The number of hydrogen-bond acceptors (Lipinski definition) is 2. The van der Waals surface area contributed by atoms with E-state index in [0.717, 1.165) is 24.3 Å². The number of fused-ring (bicyclic) bond motifs is 2. The van der Waals surface area contributed by atoms with Gasteiger partial charge >= 0.3 is 0 Å². The van der Waals surface area contributed by atoms with E-state index in [4.69, 9.17) is 9.47 Å². The Labute approximate surface area is 83.8 Å². The van der Waals surface area contributed by atoms with E-state index in [1.54, 1.807) is 0 Å². The van der Waals surface area contributed by atoms with Crippen LogP contribution in [0.1, 0.15) is 25.7 Å². The maximum absolute atomic E-state index is 5.91. The van der Waals surface area contributed by atoms with Crippen molar-refractivity contribution in [2.24, 2.45) is 0 Å². The molecule has 74 valence electrons. The van der Waals surface area contributed by atoms with Gasteiger partial charge in [-0.2, -0.15) is 0 Å². The Hall–Kier alpha value is -1.18. The summed E-state index contributed by atoms with van der Waals surface area (Å²) in [7, 11) is 0. The molecule has 2 nitrogen and oxygen atoms in total. The summed E-state index contributed by atoms with van der Waals surface area (Å²) in [6.07, 6.45) is 5.40. The van der Waals surface area contributed by atoms with Crippen molar-refractivity contribution < 1.29 is 9.47 Å². The van der Waals surface area contributed by atoms with E-state index < -0.39 is 0 Å². The average molecular weight is 190 g/mol. The van der Waals surface area contributed by atoms with Gasteiger partial charge in [0.1, 0.15) is 12.2 Å². The Balaban J connectivity index is 1.91. The van der Waals surface area contributed by atoms with Crippen molar-refractivity contribution in [3.8, 4) is 11.5 Å². The second-order valence-electron chi connectivity index (χ2n) is 4.04. The SMILES string of the molecule is c1ccc2c(c1)O[C@H]1CCCC[C@H]1O2. The number of hydrogen-bond donors (Lipinski definition) is 0. The largest absolute Gasteiger partial charge is 0.483 e. The van der Waals surface area contributed by atoms with E-state index in [2.05, 4.69) is 0 Å². The molecule has 0 spiro atoms. The minimum atomic E-state index is 0.290. The second-order valence-corrected chi connectivity index (χ2v) is 4.04. The molecule has 0 aromatic heterocycles. The Morgan fingerprint density at radius 2 is 1.36 bits per heavy atom. The summed E-state index contributed by atoms with van der Waals surface area (Å²) in [5.41, 5.74) is 0. The molecule has 0 N–H and O–H groups in total. The van der Waals surface area contributed by atoms with E-state index in [-0.39, 0.29) is 0 Å². The van der Waals surface area contributed by atoms with Crippen LogP contribution in [0.2, 0.25) is 0 Å². The molecular formula is C12H14O2. The van der Waals surface area contributed by atoms with Gasteiger partial charge in [-0.3, -0.25) is 0 Å². The van der Waals surface area contributed by atoms with Crippen molar-refractivity contribution in [1.82, 2.24) is 0 Å². The van der Waals surface area contributed by atoms with Crippen LogP contribution in [0.3, 0.4) is 0 Å². The van der Waals surface area contributed by atoms with Crippen LogP contribution in [-0.4, -0.2) is 12.2 Å². The van der Waals surface area contributed by atoms with Crippen LogP contribution in [0, 0.1) is 0 Å². The first-order valence-electron chi connectivity index (χ1n) is 5.36. The zero-order valence-corrected chi connectivity index (χ0v) is 8.11. The highest BCUT2D eigenvalue weighted by atomic mass is 16.6. The Bertz CT molecular complexity index is 302. The third-order valence-electron chi connectivity index (χ3n) is 3.05. The van der Waals surface area contributed by atoms with Gasteiger partial charge in [-0.25, -0.2) is 0 Å². The third-order valence-corrected chi connectivity index (χ3v) is 3.05. The normalized spacial score (nSPS) is 29.4. The van der Waals surface area contributed by atoms with Gasteiger partial charge in [0, 0.05) is 0 Å². The van der Waals surface area contributed by atoms with Crippen molar-refractivity contribution in [2.75, 3.05) is 0 Å². The molecule has 0 bridgehead atoms. The molecule has 1 aliphatic heterocycles. The molecule has 14 heavy (non-hydrogen) atoms. The first-order chi connectivity index (χ1) is 6.93. The molecule has 1 aromatic carbocycles. The highest BCUT2D eigenvalue weighted by molar-refractivity contribution is 5.41. The third kappa shape index (κ3) is 1.26. The molecule has 1 saturated carbocycles. The van der Waals surface area contributed by atoms with Gasteiger partial charge < -0.3 is 9.47 Å². The molecule has 0 radical (unpaired) electrons. The lowest BCUT2D eigenvalue weighted by atomic mass is 9.94. The number of benzene rings is 1. The molecule has 2 heteroatoms. The maximum Gasteiger partial charge on any atom is 0.161 e. The van der Waals surface area contributed by atoms with Crippen molar-refractivity contribution in [3.63, 3.8) is 0 Å². The summed E-state index contributed by atoms with van der Waals surface area (Å²) in [6.45, 7) is 0. The smallest absolute Gasteiger partial charge is 0.161 e. The lowest BCUT2D eigenvalue weighted by Crippen LogP contribution is -2.41. The maximum atomic E-state index is 5.91. The van der Waals surface area contributed by atoms with Gasteiger partial charge in [-0.05, 0) is 37.8 Å². The van der Waals surface area contributed by atoms with Crippen LogP contribution in [0.4, 0.5) is 0 Å². The first kappa shape index (κ1) is 8.16. The van der Waals surface area contributed by atoms with Crippen LogP contribution in [0.5, 0.6) is 11.5 Å². The van der Waals surface area contributed by atoms with Crippen LogP contribution < -0.4 is 9.47 Å². The fraction of sp³-hybridized carbons (Fsp3) is 0.500. The Morgan fingerprint density at radius 1 is 0.857 bits per heavy atom. The summed E-state index contributed by atoms with van der Waals surface area (Å²) in [5, 5.41) is 0. The van der Waals surface area contributed by atoms with Crippen LogP contribution in [0.25, 0.3) is 0 Å². The molecule has 0 unspecified atom stereocenters. The monoisotopic (exact) mass is 190 g/mol. The van der Waals surface area contributed by atoms with Crippen molar-refractivity contribution in [3.05, 3.63) is 24.3 Å². The molecule has 1 aliphatic carbocycles. The fourth-order valence-corrected chi connectivity index (χ4v) is 2.30. The number of para-hydroxylation sites is 2. The molecule has 1 aromatic rings. The summed E-state index contributed by atoms with van der Waals surface area (Å²) in [6, 6.07) is 7.96. The first-order valence-corrected chi connectivity index (χ1v) is 5.36. The molecule has 0 saturated heterocycles. The predicted molar refractivity (Wildman–Crippen MR) is 53.7 cm³/mol. The van der Waals surface area contributed by atoms with Gasteiger partial charge in [-0.15, -0.1) is 0 Å². The van der Waals surface area contributed by atoms with Gasteiger partial charge in [0.2, 0.25) is 0 Å². The van der Waals surface area contributed by atoms with E-state index in [9.17, 15) is 0 Å². The van der Waals surface area contributed by atoms with Gasteiger partial charge in [-0.1, -0.05) is 12.1 Å².